The monoisotopic (exact) mass is 245 g/mol. The molecule has 3 nitrogen and oxygen atoms in total. The van der Waals surface area contributed by atoms with Crippen LogP contribution in [0.15, 0.2) is 12.4 Å². The lowest BCUT2D eigenvalue weighted by atomic mass is 9.78. The fraction of sp³-hybridized carbons (Fsp3) is 0.800. The van der Waals surface area contributed by atoms with E-state index in [0.29, 0.717) is 5.41 Å². The van der Waals surface area contributed by atoms with Gasteiger partial charge < -0.3 is 5.32 Å². The molecule has 2 unspecified atom stereocenters. The van der Waals surface area contributed by atoms with Crippen molar-refractivity contribution >= 4 is 0 Å². The predicted molar refractivity (Wildman–Crippen MR) is 71.2 cm³/mol. The molecule has 2 atom stereocenters. The van der Waals surface area contributed by atoms with Crippen molar-refractivity contribution in [2.45, 2.75) is 44.6 Å². The topological polar surface area (TPSA) is 29.9 Å². The Morgan fingerprint density at radius 3 is 2.78 bits per heavy atom. The van der Waals surface area contributed by atoms with E-state index in [2.05, 4.69) is 22.8 Å². The summed E-state index contributed by atoms with van der Waals surface area (Å²) in [6, 6.07) is 0.840. The Morgan fingerprint density at radius 1 is 1.39 bits per heavy atom. The summed E-state index contributed by atoms with van der Waals surface area (Å²) in [6.45, 7) is 1.24. The van der Waals surface area contributed by atoms with E-state index in [1.165, 1.54) is 50.6 Å². The highest BCUT2D eigenvalue weighted by Gasteiger charge is 2.53. The van der Waals surface area contributed by atoms with Crippen LogP contribution in [0.1, 0.15) is 37.7 Å². The second-order valence-corrected chi connectivity index (χ2v) is 7.02. The first-order valence-corrected chi connectivity index (χ1v) is 7.43. The molecule has 0 bridgehead atoms. The van der Waals surface area contributed by atoms with Gasteiger partial charge in [0, 0.05) is 25.8 Å². The number of rotatable bonds is 5. The van der Waals surface area contributed by atoms with E-state index in [-0.39, 0.29) is 0 Å². The van der Waals surface area contributed by atoms with Crippen molar-refractivity contribution in [1.29, 1.82) is 0 Å². The fourth-order valence-corrected chi connectivity index (χ4v) is 4.00. The molecule has 3 saturated carbocycles. The predicted octanol–water partition coefficient (Wildman–Crippen LogP) is 2.13. The Kier molecular flexibility index (Phi) is 2.35. The Balaban J connectivity index is 1.47. The molecule has 18 heavy (non-hydrogen) atoms. The van der Waals surface area contributed by atoms with Gasteiger partial charge in [0.05, 0.1) is 6.20 Å². The van der Waals surface area contributed by atoms with Crippen molar-refractivity contribution in [1.82, 2.24) is 15.1 Å². The van der Waals surface area contributed by atoms with Crippen LogP contribution in [-0.4, -0.2) is 22.4 Å². The van der Waals surface area contributed by atoms with Crippen LogP contribution in [0.3, 0.4) is 0 Å². The first-order chi connectivity index (χ1) is 8.72. The minimum Gasteiger partial charge on any atom is -0.313 e. The van der Waals surface area contributed by atoms with Gasteiger partial charge in [0.25, 0.3) is 0 Å². The molecule has 3 fully saturated rings. The van der Waals surface area contributed by atoms with Gasteiger partial charge >= 0.3 is 0 Å². The van der Waals surface area contributed by atoms with Gasteiger partial charge in [-0.1, -0.05) is 0 Å². The zero-order chi connectivity index (χ0) is 12.2. The average Bonchev–Trinajstić information content (AvgIpc) is 3.23. The SMILES string of the molecule is Cn1cc(CC2(CNC3CC3)CC3CC3C2)cn1. The van der Waals surface area contributed by atoms with E-state index in [0.717, 1.165) is 17.9 Å². The van der Waals surface area contributed by atoms with Crippen LogP contribution in [-0.2, 0) is 13.5 Å². The fourth-order valence-electron chi connectivity index (χ4n) is 4.00. The lowest BCUT2D eigenvalue weighted by Gasteiger charge is -2.31. The molecule has 4 rings (SSSR count). The molecular weight excluding hydrogens is 222 g/mol. The molecule has 1 aromatic rings. The Morgan fingerprint density at radius 2 is 2.17 bits per heavy atom. The number of fused-ring (bicyclic) bond motifs is 1. The summed E-state index contributed by atoms with van der Waals surface area (Å²) in [4.78, 5) is 0. The highest BCUT2D eigenvalue weighted by atomic mass is 15.2. The summed E-state index contributed by atoms with van der Waals surface area (Å²) >= 11 is 0. The maximum Gasteiger partial charge on any atom is 0.0521 e. The van der Waals surface area contributed by atoms with Crippen LogP contribution < -0.4 is 5.32 Å². The van der Waals surface area contributed by atoms with Crippen molar-refractivity contribution in [3.63, 3.8) is 0 Å². The van der Waals surface area contributed by atoms with E-state index in [1.807, 2.05) is 11.7 Å². The molecule has 1 N–H and O–H groups in total. The van der Waals surface area contributed by atoms with Crippen LogP contribution >= 0.6 is 0 Å². The Bertz CT molecular complexity index is 436. The van der Waals surface area contributed by atoms with Gasteiger partial charge in [-0.3, -0.25) is 4.68 Å². The van der Waals surface area contributed by atoms with Crippen molar-refractivity contribution in [2.75, 3.05) is 6.54 Å². The molecular formula is C15H23N3. The maximum absolute atomic E-state index is 4.32. The Labute approximate surface area is 109 Å². The number of aromatic nitrogens is 2. The zero-order valence-corrected chi connectivity index (χ0v) is 11.2. The van der Waals surface area contributed by atoms with Gasteiger partial charge in [-0.25, -0.2) is 0 Å². The third-order valence-electron chi connectivity index (χ3n) is 5.14. The first-order valence-electron chi connectivity index (χ1n) is 7.43. The quantitative estimate of drug-likeness (QED) is 0.861. The normalized spacial score (nSPS) is 37.8. The molecule has 0 aromatic carbocycles. The average molecular weight is 245 g/mol. The van der Waals surface area contributed by atoms with E-state index in [4.69, 9.17) is 0 Å². The molecule has 1 heterocycles. The minimum absolute atomic E-state index is 0.541. The summed E-state index contributed by atoms with van der Waals surface area (Å²) in [5.41, 5.74) is 1.97. The molecule has 1 aromatic heterocycles. The minimum atomic E-state index is 0.541. The summed E-state index contributed by atoms with van der Waals surface area (Å²) in [5, 5.41) is 8.10. The standard InChI is InChI=1S/C15H23N3/c1-18-9-11(8-17-18)5-15(10-16-14-2-3-14)6-12-4-13(12)7-15/h8-9,12-14,16H,2-7,10H2,1H3. The van der Waals surface area contributed by atoms with Crippen molar-refractivity contribution < 1.29 is 0 Å². The summed E-state index contributed by atoms with van der Waals surface area (Å²) < 4.78 is 1.94. The molecule has 0 amide bonds. The molecule has 3 aliphatic carbocycles. The first kappa shape index (κ1) is 11.0. The van der Waals surface area contributed by atoms with Gasteiger partial charge in [-0.2, -0.15) is 5.10 Å². The van der Waals surface area contributed by atoms with Crippen molar-refractivity contribution in [2.24, 2.45) is 24.3 Å². The maximum atomic E-state index is 4.32. The number of aryl methyl sites for hydroxylation is 1. The summed E-state index contributed by atoms with van der Waals surface area (Å²) in [7, 11) is 2.02. The number of nitrogens with zero attached hydrogens (tertiary/aromatic N) is 2. The van der Waals surface area contributed by atoms with Gasteiger partial charge in [0.1, 0.15) is 0 Å². The molecule has 98 valence electrons. The van der Waals surface area contributed by atoms with Gasteiger partial charge in [0.2, 0.25) is 0 Å². The van der Waals surface area contributed by atoms with E-state index < -0.39 is 0 Å². The largest absolute Gasteiger partial charge is 0.313 e. The highest BCUT2D eigenvalue weighted by Crippen LogP contribution is 2.60. The molecule has 0 radical (unpaired) electrons. The van der Waals surface area contributed by atoms with Gasteiger partial charge in [-0.15, -0.1) is 0 Å². The van der Waals surface area contributed by atoms with Gasteiger partial charge in [0.15, 0.2) is 0 Å². The lowest BCUT2D eigenvalue weighted by Crippen LogP contribution is -2.36. The van der Waals surface area contributed by atoms with Gasteiger partial charge in [-0.05, 0) is 61.3 Å². The van der Waals surface area contributed by atoms with E-state index in [1.54, 1.807) is 0 Å². The summed E-state index contributed by atoms with van der Waals surface area (Å²) in [6.07, 6.45) is 12.7. The Hall–Kier alpha value is -0.830. The second-order valence-electron chi connectivity index (χ2n) is 7.02. The third-order valence-corrected chi connectivity index (χ3v) is 5.14. The zero-order valence-electron chi connectivity index (χ0n) is 11.2. The number of hydrogen-bond donors (Lipinski definition) is 1. The number of hydrogen-bond acceptors (Lipinski definition) is 2. The molecule has 3 heteroatoms. The second kappa shape index (κ2) is 3.83. The van der Waals surface area contributed by atoms with Crippen LogP contribution in [0.2, 0.25) is 0 Å². The summed E-state index contributed by atoms with van der Waals surface area (Å²) in [5.74, 6) is 2.12. The van der Waals surface area contributed by atoms with Crippen molar-refractivity contribution in [3.8, 4) is 0 Å². The molecule has 0 spiro atoms. The van der Waals surface area contributed by atoms with Crippen LogP contribution in [0.25, 0.3) is 0 Å². The van der Waals surface area contributed by atoms with Crippen LogP contribution in [0, 0.1) is 17.3 Å². The van der Waals surface area contributed by atoms with Crippen LogP contribution in [0.4, 0.5) is 0 Å². The van der Waals surface area contributed by atoms with E-state index in [9.17, 15) is 0 Å². The number of nitrogens with one attached hydrogen (secondary N) is 1. The lowest BCUT2D eigenvalue weighted by molar-refractivity contribution is 0.247. The third kappa shape index (κ3) is 2.09. The van der Waals surface area contributed by atoms with E-state index >= 15 is 0 Å². The molecule has 0 aliphatic heterocycles. The molecule has 3 aliphatic rings. The smallest absolute Gasteiger partial charge is 0.0521 e. The van der Waals surface area contributed by atoms with Crippen molar-refractivity contribution in [3.05, 3.63) is 18.0 Å². The molecule has 0 saturated heterocycles. The van der Waals surface area contributed by atoms with Crippen LogP contribution in [0.5, 0.6) is 0 Å². The highest BCUT2D eigenvalue weighted by molar-refractivity contribution is 5.13.